The van der Waals surface area contributed by atoms with E-state index < -0.39 is 10.0 Å². The molecule has 0 saturated heterocycles. The van der Waals surface area contributed by atoms with E-state index in [-0.39, 0.29) is 23.9 Å². The Morgan fingerprint density at radius 2 is 1.72 bits per heavy atom. The maximum atomic E-state index is 12.6. The molecule has 0 unspecified atom stereocenters. The molecule has 5 nitrogen and oxygen atoms in total. The second-order valence-electron chi connectivity index (χ2n) is 5.29. The molecule has 0 fully saturated rings. The molecule has 0 bridgehead atoms. The molecule has 0 aliphatic rings. The molecule has 2 rings (SSSR count). The number of hydrogen-bond acceptors (Lipinski definition) is 3. The number of nitrogens with zero attached hydrogens (tertiary/aromatic N) is 1. The lowest BCUT2D eigenvalue weighted by Gasteiger charge is -2.20. The second-order valence-corrected chi connectivity index (χ2v) is 8.58. The van der Waals surface area contributed by atoms with E-state index in [1.807, 2.05) is 0 Å². The van der Waals surface area contributed by atoms with E-state index in [1.54, 1.807) is 43.3 Å². The zero-order valence-corrected chi connectivity index (χ0v) is 16.7. The maximum Gasteiger partial charge on any atom is 0.243 e. The summed E-state index contributed by atoms with van der Waals surface area (Å²) in [6, 6.07) is 13.4. The summed E-state index contributed by atoms with van der Waals surface area (Å²) in [5.41, 5.74) is 0.886. The van der Waals surface area contributed by atoms with Crippen LogP contribution in [0, 0.1) is 0 Å². The highest BCUT2D eigenvalue weighted by atomic mass is 79.9. The first-order valence-electron chi connectivity index (χ1n) is 7.60. The van der Waals surface area contributed by atoms with Crippen molar-refractivity contribution in [2.75, 3.05) is 13.1 Å². The third kappa shape index (κ3) is 5.54. The third-order valence-corrected chi connectivity index (χ3v) is 6.24. The smallest absolute Gasteiger partial charge is 0.243 e. The molecule has 0 heterocycles. The maximum absolute atomic E-state index is 12.6. The van der Waals surface area contributed by atoms with Gasteiger partial charge in [0, 0.05) is 22.6 Å². The van der Waals surface area contributed by atoms with Gasteiger partial charge in [0.25, 0.3) is 0 Å². The van der Waals surface area contributed by atoms with Crippen LogP contribution in [0.4, 0.5) is 0 Å². The minimum absolute atomic E-state index is 0.156. The molecule has 0 aromatic heterocycles. The average Bonchev–Trinajstić information content (AvgIpc) is 2.59. The molecule has 2 aromatic rings. The molecule has 0 aliphatic carbocycles. The van der Waals surface area contributed by atoms with Crippen molar-refractivity contribution < 1.29 is 13.2 Å². The van der Waals surface area contributed by atoms with Gasteiger partial charge in [0.2, 0.25) is 15.9 Å². The SMILES string of the molecule is CCN(CC(=O)NCc1ccc(Cl)cc1)S(=O)(=O)c1ccc(Br)cc1. The van der Waals surface area contributed by atoms with Gasteiger partial charge in [0.1, 0.15) is 0 Å². The molecule has 0 atom stereocenters. The summed E-state index contributed by atoms with van der Waals surface area (Å²) in [5, 5.41) is 3.34. The summed E-state index contributed by atoms with van der Waals surface area (Å²) in [7, 11) is -3.72. The van der Waals surface area contributed by atoms with Gasteiger partial charge in [0.05, 0.1) is 11.4 Å². The molecule has 134 valence electrons. The normalized spacial score (nSPS) is 11.5. The Balaban J connectivity index is 2.01. The molecule has 0 radical (unpaired) electrons. The van der Waals surface area contributed by atoms with Crippen molar-refractivity contribution in [1.29, 1.82) is 0 Å². The largest absolute Gasteiger partial charge is 0.351 e. The first-order valence-corrected chi connectivity index (χ1v) is 10.2. The average molecular weight is 446 g/mol. The summed E-state index contributed by atoms with van der Waals surface area (Å²) in [6.45, 7) is 1.98. The molecule has 2 aromatic carbocycles. The van der Waals surface area contributed by atoms with Gasteiger partial charge in [-0.1, -0.05) is 46.6 Å². The lowest BCUT2D eigenvalue weighted by atomic mass is 10.2. The molecule has 1 amide bonds. The van der Waals surface area contributed by atoms with Gasteiger partial charge in [-0.05, 0) is 42.0 Å². The number of hydrogen-bond donors (Lipinski definition) is 1. The Morgan fingerprint density at radius 1 is 1.12 bits per heavy atom. The Kier molecular flexibility index (Phi) is 7.01. The van der Waals surface area contributed by atoms with Crippen LogP contribution >= 0.6 is 27.5 Å². The first-order chi connectivity index (χ1) is 11.8. The number of amides is 1. The van der Waals surface area contributed by atoms with Crippen molar-refractivity contribution in [1.82, 2.24) is 9.62 Å². The van der Waals surface area contributed by atoms with Crippen LogP contribution in [0.3, 0.4) is 0 Å². The molecule has 0 saturated carbocycles. The highest BCUT2D eigenvalue weighted by Crippen LogP contribution is 2.18. The number of sulfonamides is 1. The summed E-state index contributed by atoms with van der Waals surface area (Å²) in [5.74, 6) is -0.363. The predicted molar refractivity (Wildman–Crippen MR) is 102 cm³/mol. The van der Waals surface area contributed by atoms with Crippen LogP contribution in [-0.4, -0.2) is 31.7 Å². The van der Waals surface area contributed by atoms with E-state index in [9.17, 15) is 13.2 Å². The van der Waals surface area contributed by atoms with Crippen LogP contribution in [0.1, 0.15) is 12.5 Å². The predicted octanol–water partition coefficient (Wildman–Crippen LogP) is 3.43. The van der Waals surface area contributed by atoms with Gasteiger partial charge in [-0.15, -0.1) is 0 Å². The van der Waals surface area contributed by atoms with Crippen LogP contribution in [0.2, 0.25) is 5.02 Å². The zero-order chi connectivity index (χ0) is 18.4. The van der Waals surface area contributed by atoms with Crippen LogP contribution in [0.25, 0.3) is 0 Å². The molecule has 25 heavy (non-hydrogen) atoms. The van der Waals surface area contributed by atoms with Gasteiger partial charge in [-0.3, -0.25) is 4.79 Å². The summed E-state index contributed by atoms with van der Waals surface area (Å²) in [6.07, 6.45) is 0. The van der Waals surface area contributed by atoms with E-state index in [2.05, 4.69) is 21.2 Å². The monoisotopic (exact) mass is 444 g/mol. The fourth-order valence-electron chi connectivity index (χ4n) is 2.14. The molecular formula is C17H18BrClN2O3S. The molecule has 8 heteroatoms. The fourth-order valence-corrected chi connectivity index (χ4v) is 3.94. The van der Waals surface area contributed by atoms with Crippen molar-refractivity contribution in [3.8, 4) is 0 Å². The zero-order valence-electron chi connectivity index (χ0n) is 13.6. The van der Waals surface area contributed by atoms with E-state index in [0.29, 0.717) is 11.6 Å². The number of carbonyl (C=O) groups is 1. The quantitative estimate of drug-likeness (QED) is 0.710. The summed E-state index contributed by atoms with van der Waals surface area (Å²) >= 11 is 9.09. The van der Waals surface area contributed by atoms with Crippen LogP contribution in [0.15, 0.2) is 57.9 Å². The van der Waals surface area contributed by atoms with E-state index >= 15 is 0 Å². The lowest BCUT2D eigenvalue weighted by Crippen LogP contribution is -2.40. The number of benzene rings is 2. The van der Waals surface area contributed by atoms with Crippen molar-refractivity contribution in [3.63, 3.8) is 0 Å². The molecule has 0 aliphatic heterocycles. The number of halogens is 2. The number of nitrogens with one attached hydrogen (secondary N) is 1. The van der Waals surface area contributed by atoms with Crippen molar-refractivity contribution >= 4 is 43.5 Å². The van der Waals surface area contributed by atoms with Gasteiger partial charge in [-0.2, -0.15) is 4.31 Å². The number of carbonyl (C=O) groups excluding carboxylic acids is 1. The molecule has 1 N–H and O–H groups in total. The number of likely N-dealkylation sites (N-methyl/N-ethyl adjacent to an activating group) is 1. The van der Waals surface area contributed by atoms with Crippen molar-refractivity contribution in [3.05, 3.63) is 63.6 Å². The van der Waals surface area contributed by atoms with E-state index in [1.165, 1.54) is 12.1 Å². The third-order valence-electron chi connectivity index (χ3n) is 3.53. The van der Waals surface area contributed by atoms with E-state index in [4.69, 9.17) is 11.6 Å². The standard InChI is InChI=1S/C17H18BrClN2O3S/c1-2-21(25(23,24)16-9-5-14(18)6-10-16)12-17(22)20-11-13-3-7-15(19)8-4-13/h3-10H,2,11-12H2,1H3,(H,20,22). The van der Waals surface area contributed by atoms with Crippen molar-refractivity contribution in [2.45, 2.75) is 18.4 Å². The topological polar surface area (TPSA) is 66.5 Å². The number of rotatable bonds is 7. The molecule has 0 spiro atoms. The van der Waals surface area contributed by atoms with Crippen molar-refractivity contribution in [2.24, 2.45) is 0 Å². The highest BCUT2D eigenvalue weighted by molar-refractivity contribution is 9.10. The molecular weight excluding hydrogens is 428 g/mol. The minimum atomic E-state index is -3.72. The first kappa shape index (κ1) is 19.9. The van der Waals surface area contributed by atoms with Crippen LogP contribution in [0.5, 0.6) is 0 Å². The van der Waals surface area contributed by atoms with Crippen LogP contribution < -0.4 is 5.32 Å². The van der Waals surface area contributed by atoms with Gasteiger partial charge >= 0.3 is 0 Å². The Bertz CT molecular complexity index is 824. The lowest BCUT2D eigenvalue weighted by molar-refractivity contribution is -0.121. The Morgan fingerprint density at radius 3 is 2.28 bits per heavy atom. The second kappa shape index (κ2) is 8.80. The van der Waals surface area contributed by atoms with E-state index in [0.717, 1.165) is 14.3 Å². The van der Waals surface area contributed by atoms with Crippen LogP contribution in [-0.2, 0) is 21.4 Å². The fraction of sp³-hybridized carbons (Fsp3) is 0.235. The van der Waals surface area contributed by atoms with Gasteiger partial charge < -0.3 is 5.32 Å². The Labute approximate surface area is 161 Å². The van der Waals surface area contributed by atoms with Gasteiger partial charge in [0.15, 0.2) is 0 Å². The minimum Gasteiger partial charge on any atom is -0.351 e. The summed E-state index contributed by atoms with van der Waals surface area (Å²) in [4.78, 5) is 12.3. The van der Waals surface area contributed by atoms with Gasteiger partial charge in [-0.25, -0.2) is 8.42 Å². The summed E-state index contributed by atoms with van der Waals surface area (Å²) < 4.78 is 27.2. The Hall–Kier alpha value is -1.41. The highest BCUT2D eigenvalue weighted by Gasteiger charge is 2.25.